The normalized spacial score (nSPS) is 24.9. The molecule has 0 aromatic rings. The Morgan fingerprint density at radius 1 is 1.00 bits per heavy atom. The molecule has 0 aromatic heterocycles. The highest BCUT2D eigenvalue weighted by Crippen LogP contribution is 2.32. The largest absolute Gasteiger partial charge is 0.466 e. The summed E-state index contributed by atoms with van der Waals surface area (Å²) in [6.45, 7) is 3.74. The number of carbonyl (C=O) groups is 2. The van der Waals surface area contributed by atoms with Crippen molar-refractivity contribution < 1.29 is 19.1 Å². The van der Waals surface area contributed by atoms with Crippen molar-refractivity contribution in [2.45, 2.75) is 33.1 Å². The molecule has 86 valence electrons. The van der Waals surface area contributed by atoms with Crippen LogP contribution in [0.5, 0.6) is 0 Å². The monoisotopic (exact) mass is 214 g/mol. The van der Waals surface area contributed by atoms with Gasteiger partial charge in [-0.15, -0.1) is 0 Å². The summed E-state index contributed by atoms with van der Waals surface area (Å²) in [5.41, 5.74) is 0. The molecule has 15 heavy (non-hydrogen) atoms. The highest BCUT2D eigenvalue weighted by molar-refractivity contribution is 5.66. The fourth-order valence-electron chi connectivity index (χ4n) is 2.00. The van der Waals surface area contributed by atoms with Gasteiger partial charge in [0.25, 0.3) is 0 Å². The lowest BCUT2D eigenvalue weighted by Crippen LogP contribution is -2.21. The van der Waals surface area contributed by atoms with Crippen LogP contribution >= 0.6 is 0 Å². The Morgan fingerprint density at radius 2 is 1.40 bits per heavy atom. The molecule has 1 aliphatic carbocycles. The molecule has 0 aromatic carbocycles. The average molecular weight is 214 g/mol. The Kier molecular flexibility index (Phi) is 4.59. The maximum atomic E-state index is 10.7. The fourth-order valence-corrected chi connectivity index (χ4v) is 2.00. The highest BCUT2D eigenvalue weighted by atomic mass is 16.5. The van der Waals surface area contributed by atoms with Crippen LogP contribution in [0.25, 0.3) is 0 Å². The van der Waals surface area contributed by atoms with Crippen LogP contribution in [0.15, 0.2) is 0 Å². The van der Waals surface area contributed by atoms with Gasteiger partial charge in [0.2, 0.25) is 0 Å². The lowest BCUT2D eigenvalue weighted by molar-refractivity contribution is -0.146. The van der Waals surface area contributed by atoms with Crippen molar-refractivity contribution >= 4 is 11.9 Å². The van der Waals surface area contributed by atoms with E-state index in [-0.39, 0.29) is 11.9 Å². The molecule has 0 N–H and O–H groups in total. The van der Waals surface area contributed by atoms with Gasteiger partial charge < -0.3 is 9.47 Å². The molecule has 0 spiro atoms. The minimum absolute atomic E-state index is 0.242. The Morgan fingerprint density at radius 3 is 1.73 bits per heavy atom. The van der Waals surface area contributed by atoms with E-state index in [1.165, 1.54) is 13.8 Å². The van der Waals surface area contributed by atoms with E-state index in [2.05, 4.69) is 0 Å². The molecule has 0 heterocycles. The van der Waals surface area contributed by atoms with Crippen LogP contribution in [-0.4, -0.2) is 25.2 Å². The van der Waals surface area contributed by atoms with Crippen molar-refractivity contribution in [1.29, 1.82) is 0 Å². The van der Waals surface area contributed by atoms with E-state index >= 15 is 0 Å². The number of carbonyl (C=O) groups excluding carboxylic acids is 2. The maximum Gasteiger partial charge on any atom is 0.302 e. The summed E-state index contributed by atoms with van der Waals surface area (Å²) >= 11 is 0. The molecule has 1 aliphatic rings. The van der Waals surface area contributed by atoms with Crippen LogP contribution in [0.3, 0.4) is 0 Å². The molecule has 1 fully saturated rings. The molecule has 1 rings (SSSR count). The first kappa shape index (κ1) is 12.0. The van der Waals surface area contributed by atoms with E-state index in [4.69, 9.17) is 9.47 Å². The topological polar surface area (TPSA) is 52.6 Å². The van der Waals surface area contributed by atoms with Crippen molar-refractivity contribution in [2.24, 2.45) is 11.8 Å². The quantitative estimate of drug-likeness (QED) is 0.666. The predicted octanol–water partition coefficient (Wildman–Crippen LogP) is 1.53. The van der Waals surface area contributed by atoms with Gasteiger partial charge in [-0.05, 0) is 24.7 Å². The second-order valence-corrected chi connectivity index (χ2v) is 4.06. The molecule has 0 radical (unpaired) electrons. The van der Waals surface area contributed by atoms with E-state index in [1.807, 2.05) is 0 Å². The zero-order valence-corrected chi connectivity index (χ0v) is 9.32. The second-order valence-electron chi connectivity index (χ2n) is 4.06. The number of hydrogen-bond donors (Lipinski definition) is 0. The Balaban J connectivity index is 2.29. The van der Waals surface area contributed by atoms with Crippen LogP contribution < -0.4 is 0 Å². The van der Waals surface area contributed by atoms with E-state index in [9.17, 15) is 9.59 Å². The Labute approximate surface area is 89.9 Å². The van der Waals surface area contributed by atoms with Gasteiger partial charge in [0.05, 0.1) is 13.2 Å². The minimum Gasteiger partial charge on any atom is -0.466 e. The molecule has 2 atom stereocenters. The van der Waals surface area contributed by atoms with Crippen molar-refractivity contribution in [3.8, 4) is 0 Å². The smallest absolute Gasteiger partial charge is 0.302 e. The van der Waals surface area contributed by atoms with Gasteiger partial charge in [-0.3, -0.25) is 9.59 Å². The summed E-state index contributed by atoms with van der Waals surface area (Å²) in [6, 6.07) is 0. The van der Waals surface area contributed by atoms with Gasteiger partial charge in [0.1, 0.15) is 0 Å². The van der Waals surface area contributed by atoms with Crippen LogP contribution in [0, 0.1) is 11.8 Å². The Bertz CT molecular complexity index is 213. The first-order valence-corrected chi connectivity index (χ1v) is 5.36. The molecular formula is C11H18O4. The first-order chi connectivity index (χ1) is 7.09. The lowest BCUT2D eigenvalue weighted by atomic mass is 9.98. The van der Waals surface area contributed by atoms with Crippen molar-refractivity contribution in [1.82, 2.24) is 0 Å². The maximum absolute atomic E-state index is 10.7. The fraction of sp³-hybridized carbons (Fsp3) is 0.818. The van der Waals surface area contributed by atoms with Gasteiger partial charge in [0, 0.05) is 13.8 Å². The number of hydrogen-bond acceptors (Lipinski definition) is 4. The van der Waals surface area contributed by atoms with E-state index in [0.29, 0.717) is 25.0 Å². The minimum atomic E-state index is -0.242. The molecule has 0 saturated heterocycles. The SMILES string of the molecule is CC(=O)OC[C@H]1CCC[C@H]1COC(C)=O. The molecule has 1 saturated carbocycles. The summed E-state index contributed by atoms with van der Waals surface area (Å²) in [4.78, 5) is 21.3. The zero-order chi connectivity index (χ0) is 11.3. The van der Waals surface area contributed by atoms with Crippen LogP contribution in [0.1, 0.15) is 33.1 Å². The van der Waals surface area contributed by atoms with Crippen LogP contribution in [0.4, 0.5) is 0 Å². The predicted molar refractivity (Wildman–Crippen MR) is 54.1 cm³/mol. The molecular weight excluding hydrogens is 196 g/mol. The molecule has 0 bridgehead atoms. The van der Waals surface area contributed by atoms with Gasteiger partial charge in [0.15, 0.2) is 0 Å². The first-order valence-electron chi connectivity index (χ1n) is 5.36. The third kappa shape index (κ3) is 4.32. The van der Waals surface area contributed by atoms with E-state index in [1.54, 1.807) is 0 Å². The Hall–Kier alpha value is -1.06. The standard InChI is InChI=1S/C11H18O4/c1-8(12)14-6-10-4-3-5-11(10)7-15-9(2)13/h10-11H,3-7H2,1-2H3/t10-,11+. The third-order valence-electron chi connectivity index (χ3n) is 2.82. The summed E-state index contributed by atoms with van der Waals surface area (Å²) in [7, 11) is 0. The molecule has 0 unspecified atom stereocenters. The van der Waals surface area contributed by atoms with E-state index < -0.39 is 0 Å². The summed E-state index contributed by atoms with van der Waals surface area (Å²) in [6.07, 6.45) is 3.23. The number of rotatable bonds is 4. The molecule has 4 heteroatoms. The number of ether oxygens (including phenoxy) is 2. The van der Waals surface area contributed by atoms with Gasteiger partial charge >= 0.3 is 11.9 Å². The highest BCUT2D eigenvalue weighted by Gasteiger charge is 2.28. The molecule has 0 amide bonds. The van der Waals surface area contributed by atoms with Crippen molar-refractivity contribution in [2.75, 3.05) is 13.2 Å². The second kappa shape index (κ2) is 5.73. The van der Waals surface area contributed by atoms with Gasteiger partial charge in [-0.25, -0.2) is 0 Å². The number of esters is 2. The van der Waals surface area contributed by atoms with Gasteiger partial charge in [-0.1, -0.05) is 6.42 Å². The molecule has 4 nitrogen and oxygen atoms in total. The third-order valence-corrected chi connectivity index (χ3v) is 2.82. The van der Waals surface area contributed by atoms with E-state index in [0.717, 1.165) is 19.3 Å². The van der Waals surface area contributed by atoms with Crippen LogP contribution in [-0.2, 0) is 19.1 Å². The average Bonchev–Trinajstić information content (AvgIpc) is 2.58. The lowest BCUT2D eigenvalue weighted by Gasteiger charge is -2.18. The van der Waals surface area contributed by atoms with Crippen molar-refractivity contribution in [3.63, 3.8) is 0 Å². The molecule has 0 aliphatic heterocycles. The van der Waals surface area contributed by atoms with Gasteiger partial charge in [-0.2, -0.15) is 0 Å². The zero-order valence-electron chi connectivity index (χ0n) is 9.32. The summed E-state index contributed by atoms with van der Waals surface area (Å²) in [5.74, 6) is 0.225. The van der Waals surface area contributed by atoms with Crippen LogP contribution in [0.2, 0.25) is 0 Å². The van der Waals surface area contributed by atoms with Crippen molar-refractivity contribution in [3.05, 3.63) is 0 Å². The summed E-state index contributed by atoms with van der Waals surface area (Å²) < 4.78 is 9.97. The summed E-state index contributed by atoms with van der Waals surface area (Å²) in [5, 5.41) is 0.